The van der Waals surface area contributed by atoms with E-state index in [1.165, 1.54) is 44.2 Å². The van der Waals surface area contributed by atoms with Gasteiger partial charge in [-0.05, 0) is 18.4 Å². The molecule has 1 aliphatic rings. The van der Waals surface area contributed by atoms with Crippen LogP contribution < -0.4 is 5.32 Å². The van der Waals surface area contributed by atoms with Gasteiger partial charge in [0.1, 0.15) is 10.5 Å². The Morgan fingerprint density at radius 2 is 1.96 bits per heavy atom. The third kappa shape index (κ3) is 5.72. The van der Waals surface area contributed by atoms with Crippen molar-refractivity contribution in [3.05, 3.63) is 39.9 Å². The number of benzene rings is 1. The molecule has 23 heavy (non-hydrogen) atoms. The van der Waals surface area contributed by atoms with Gasteiger partial charge >= 0.3 is 5.97 Å². The first-order valence-corrected chi connectivity index (χ1v) is 9.11. The van der Waals surface area contributed by atoms with Crippen LogP contribution in [0.3, 0.4) is 0 Å². The van der Waals surface area contributed by atoms with Gasteiger partial charge in [-0.3, -0.25) is 14.9 Å². The summed E-state index contributed by atoms with van der Waals surface area (Å²) in [5.41, 5.74) is 0.726. The zero-order chi connectivity index (χ0) is 16.7. The first kappa shape index (κ1) is 18.1. The number of nitro benzene ring substituents is 1. The number of hydrogen-bond acceptors (Lipinski definition) is 5. The monoisotopic (exact) mass is 432 g/mol. The van der Waals surface area contributed by atoms with E-state index in [1.807, 2.05) is 22.6 Å². The summed E-state index contributed by atoms with van der Waals surface area (Å²) >= 11 is 1.99. The van der Waals surface area contributed by atoms with E-state index in [0.29, 0.717) is 24.8 Å². The van der Waals surface area contributed by atoms with Crippen LogP contribution >= 0.6 is 22.6 Å². The second kappa shape index (κ2) is 9.17. The Balaban J connectivity index is 1.72. The summed E-state index contributed by atoms with van der Waals surface area (Å²) in [4.78, 5) is 22.2. The lowest BCUT2D eigenvalue weighted by atomic mass is 9.96. The summed E-state index contributed by atoms with van der Waals surface area (Å²) in [6.45, 7) is 1.02. The van der Waals surface area contributed by atoms with Crippen molar-refractivity contribution in [2.24, 2.45) is 0 Å². The van der Waals surface area contributed by atoms with Gasteiger partial charge in [0.25, 0.3) is 5.69 Å². The van der Waals surface area contributed by atoms with Crippen molar-refractivity contribution in [2.75, 3.05) is 13.2 Å². The molecule has 0 radical (unpaired) electrons. The van der Waals surface area contributed by atoms with Crippen LogP contribution in [-0.4, -0.2) is 30.1 Å². The Bertz CT molecular complexity index is 529. The summed E-state index contributed by atoms with van der Waals surface area (Å²) in [7, 11) is 0. The molecule has 1 saturated carbocycles. The van der Waals surface area contributed by atoms with Crippen molar-refractivity contribution in [2.45, 2.75) is 42.1 Å². The second-order valence-electron chi connectivity index (χ2n) is 5.67. The van der Waals surface area contributed by atoms with Crippen molar-refractivity contribution in [3.8, 4) is 0 Å². The summed E-state index contributed by atoms with van der Waals surface area (Å²) in [6, 6.07) is 6.54. The van der Waals surface area contributed by atoms with Gasteiger partial charge in [0.05, 0.1) is 4.92 Å². The number of esters is 1. The number of halogens is 1. The number of ether oxygens (including phenoxy) is 1. The molecule has 1 aliphatic carbocycles. The predicted molar refractivity (Wildman–Crippen MR) is 95.7 cm³/mol. The molecular weight excluding hydrogens is 411 g/mol. The Morgan fingerprint density at radius 1 is 1.30 bits per heavy atom. The number of nitrogens with zero attached hydrogens (tertiary/aromatic N) is 1. The standard InChI is InChI=1S/C16H21IN2O4/c17-15(12-6-8-14(9-7-12)19(21)22)16(20)23-11-10-18-13-4-2-1-3-5-13/h6-9,13,15,18H,1-5,10-11H2. The van der Waals surface area contributed by atoms with Crippen LogP contribution in [0, 0.1) is 10.1 Å². The number of carbonyl (C=O) groups excluding carboxylic acids is 1. The number of rotatable bonds is 7. The molecule has 0 spiro atoms. The lowest BCUT2D eigenvalue weighted by Gasteiger charge is -2.22. The van der Waals surface area contributed by atoms with Crippen molar-refractivity contribution in [1.82, 2.24) is 5.32 Å². The van der Waals surface area contributed by atoms with E-state index < -0.39 is 8.85 Å². The molecule has 0 saturated heterocycles. The Morgan fingerprint density at radius 3 is 2.57 bits per heavy atom. The van der Waals surface area contributed by atoms with E-state index in [9.17, 15) is 14.9 Å². The molecule has 1 fully saturated rings. The van der Waals surface area contributed by atoms with Gasteiger partial charge in [-0.25, -0.2) is 0 Å². The molecule has 1 aromatic rings. The number of non-ortho nitro benzene ring substituents is 1. The molecule has 126 valence electrons. The van der Waals surface area contributed by atoms with Crippen LogP contribution in [0.5, 0.6) is 0 Å². The lowest BCUT2D eigenvalue weighted by Crippen LogP contribution is -2.34. The third-order valence-corrected chi connectivity index (χ3v) is 5.22. The number of alkyl halides is 1. The van der Waals surface area contributed by atoms with Gasteiger partial charge in [-0.1, -0.05) is 54.0 Å². The van der Waals surface area contributed by atoms with E-state index in [4.69, 9.17) is 4.74 Å². The van der Waals surface area contributed by atoms with E-state index in [0.717, 1.165) is 0 Å². The lowest BCUT2D eigenvalue weighted by molar-refractivity contribution is -0.384. The second-order valence-corrected chi connectivity index (χ2v) is 6.91. The van der Waals surface area contributed by atoms with Gasteiger partial charge in [0.2, 0.25) is 0 Å². The highest BCUT2D eigenvalue weighted by Crippen LogP contribution is 2.26. The number of carbonyl (C=O) groups is 1. The van der Waals surface area contributed by atoms with Gasteiger partial charge in [-0.2, -0.15) is 0 Å². The molecular formula is C16H21IN2O4. The minimum Gasteiger partial charge on any atom is -0.463 e. The fourth-order valence-corrected chi connectivity index (χ4v) is 3.29. The molecule has 1 unspecified atom stereocenters. The highest BCUT2D eigenvalue weighted by Gasteiger charge is 2.20. The predicted octanol–water partition coefficient (Wildman–Crippen LogP) is 3.54. The van der Waals surface area contributed by atoms with Crippen molar-refractivity contribution in [3.63, 3.8) is 0 Å². The van der Waals surface area contributed by atoms with Crippen LogP contribution in [-0.2, 0) is 9.53 Å². The third-order valence-electron chi connectivity index (χ3n) is 3.99. The van der Waals surface area contributed by atoms with Crippen LogP contribution in [0.25, 0.3) is 0 Å². The highest BCUT2D eigenvalue weighted by molar-refractivity contribution is 14.1. The molecule has 6 nitrogen and oxygen atoms in total. The number of nitrogens with one attached hydrogen (secondary N) is 1. The summed E-state index contributed by atoms with van der Waals surface area (Å²) in [5.74, 6) is -0.315. The minimum atomic E-state index is -0.457. The molecule has 1 aromatic carbocycles. The van der Waals surface area contributed by atoms with E-state index in [1.54, 1.807) is 12.1 Å². The van der Waals surface area contributed by atoms with E-state index >= 15 is 0 Å². The number of nitro groups is 1. The quantitative estimate of drug-likeness (QED) is 0.178. The van der Waals surface area contributed by atoms with Gasteiger partial charge < -0.3 is 10.1 Å². The molecule has 7 heteroatoms. The Kier molecular flexibility index (Phi) is 7.22. The Labute approximate surface area is 149 Å². The zero-order valence-corrected chi connectivity index (χ0v) is 15.0. The van der Waals surface area contributed by atoms with Gasteiger partial charge in [-0.15, -0.1) is 0 Å². The SMILES string of the molecule is O=C(OCCNC1CCCCC1)C(I)c1ccc([N+](=O)[O-])cc1. The average Bonchev–Trinajstić information content (AvgIpc) is 2.59. The first-order chi connectivity index (χ1) is 11.1. The van der Waals surface area contributed by atoms with Crippen LogP contribution in [0.2, 0.25) is 0 Å². The zero-order valence-electron chi connectivity index (χ0n) is 12.9. The van der Waals surface area contributed by atoms with Crippen LogP contribution in [0.4, 0.5) is 5.69 Å². The normalized spacial score (nSPS) is 16.7. The summed E-state index contributed by atoms with van der Waals surface area (Å²) in [5, 5.41) is 14.0. The maximum Gasteiger partial charge on any atom is 0.323 e. The molecule has 0 bridgehead atoms. The van der Waals surface area contributed by atoms with Gasteiger partial charge in [0, 0.05) is 24.7 Å². The maximum atomic E-state index is 12.0. The number of hydrogen-bond donors (Lipinski definition) is 1. The van der Waals surface area contributed by atoms with Crippen molar-refractivity contribution < 1.29 is 14.5 Å². The van der Waals surface area contributed by atoms with Crippen molar-refractivity contribution >= 4 is 34.2 Å². The van der Waals surface area contributed by atoms with Gasteiger partial charge in [0.15, 0.2) is 0 Å². The summed E-state index contributed by atoms with van der Waals surface area (Å²) in [6.07, 6.45) is 6.26. The first-order valence-electron chi connectivity index (χ1n) is 7.86. The highest BCUT2D eigenvalue weighted by atomic mass is 127. The average molecular weight is 432 g/mol. The van der Waals surface area contributed by atoms with Crippen LogP contribution in [0.1, 0.15) is 41.6 Å². The molecule has 1 atom stereocenters. The molecule has 0 heterocycles. The molecule has 2 rings (SSSR count). The van der Waals surface area contributed by atoms with Crippen LogP contribution in [0.15, 0.2) is 24.3 Å². The molecule has 1 N–H and O–H groups in total. The topological polar surface area (TPSA) is 81.5 Å². The fourth-order valence-electron chi connectivity index (χ4n) is 2.70. The summed E-state index contributed by atoms with van der Waals surface area (Å²) < 4.78 is 4.83. The molecule has 0 aliphatic heterocycles. The largest absolute Gasteiger partial charge is 0.463 e. The fraction of sp³-hybridized carbons (Fsp3) is 0.562. The minimum absolute atomic E-state index is 0.0161. The molecule has 0 amide bonds. The Hall–Kier alpha value is -1.22. The van der Waals surface area contributed by atoms with E-state index in [-0.39, 0.29) is 11.7 Å². The van der Waals surface area contributed by atoms with Crippen molar-refractivity contribution in [1.29, 1.82) is 0 Å². The molecule has 0 aromatic heterocycles. The maximum absolute atomic E-state index is 12.0. The smallest absolute Gasteiger partial charge is 0.323 e. The van der Waals surface area contributed by atoms with E-state index in [2.05, 4.69) is 5.32 Å².